The van der Waals surface area contributed by atoms with Crippen LogP contribution in [0.2, 0.25) is 0 Å². The third-order valence-corrected chi connectivity index (χ3v) is 6.36. The number of ether oxygens (including phenoxy) is 2. The van der Waals surface area contributed by atoms with Crippen molar-refractivity contribution in [2.75, 3.05) is 13.2 Å². The molecule has 0 aliphatic rings. The molecule has 0 bridgehead atoms. The molecule has 0 saturated carbocycles. The molecule has 0 aromatic rings. The number of unbranched alkanes of at least 4 members (excludes halogenated alkanes) is 11. The molecule has 0 spiro atoms. The second-order valence-corrected chi connectivity index (χ2v) is 10.3. The summed E-state index contributed by atoms with van der Waals surface area (Å²) in [4.78, 5) is 24.0. The summed E-state index contributed by atoms with van der Waals surface area (Å²) in [6.45, 7) is 3.88. The lowest BCUT2D eigenvalue weighted by Gasteiger charge is -2.15. The molecular weight excluding hydrogens is 512 g/mol. The average molecular weight is 571 g/mol. The van der Waals surface area contributed by atoms with Crippen LogP contribution in [-0.4, -0.2) is 36.4 Å². The van der Waals surface area contributed by atoms with Crippen LogP contribution in [0.25, 0.3) is 0 Å². The summed E-state index contributed by atoms with van der Waals surface area (Å²) >= 11 is 0. The molecule has 0 fully saturated rings. The number of aliphatic hydroxyl groups is 1. The van der Waals surface area contributed by atoms with Gasteiger partial charge in [0.25, 0.3) is 0 Å². The van der Waals surface area contributed by atoms with E-state index in [1.807, 2.05) is 54.7 Å². The van der Waals surface area contributed by atoms with Gasteiger partial charge < -0.3 is 14.6 Å². The minimum atomic E-state index is -0.809. The second kappa shape index (κ2) is 31.9. The number of esters is 2. The zero-order valence-corrected chi connectivity index (χ0v) is 26.0. The molecule has 5 nitrogen and oxygen atoms in total. The van der Waals surface area contributed by atoms with Crippen LogP contribution in [0.4, 0.5) is 0 Å². The van der Waals surface area contributed by atoms with Crippen LogP contribution >= 0.6 is 0 Å². The van der Waals surface area contributed by atoms with E-state index in [1.54, 1.807) is 0 Å². The van der Waals surface area contributed by atoms with Crippen molar-refractivity contribution in [3.8, 4) is 0 Å². The Bertz CT molecular complexity index is 788. The molecule has 0 aliphatic heterocycles. The number of carbonyl (C=O) groups excluding carboxylic acids is 2. The van der Waals surface area contributed by atoms with E-state index >= 15 is 0 Å². The Morgan fingerprint density at radius 3 is 1.71 bits per heavy atom. The zero-order chi connectivity index (χ0) is 30.1. The lowest BCUT2D eigenvalue weighted by atomic mass is 10.1. The Morgan fingerprint density at radius 1 is 0.585 bits per heavy atom. The molecule has 0 aliphatic carbocycles. The van der Waals surface area contributed by atoms with Crippen molar-refractivity contribution in [1.82, 2.24) is 0 Å². The Labute approximate surface area is 251 Å². The van der Waals surface area contributed by atoms with Crippen molar-refractivity contribution >= 4 is 11.9 Å². The van der Waals surface area contributed by atoms with Crippen molar-refractivity contribution in [1.29, 1.82) is 0 Å². The molecule has 1 atom stereocenters. The number of allylic oxidation sites excluding steroid dienone is 12. The van der Waals surface area contributed by atoms with E-state index in [-0.39, 0.29) is 31.6 Å². The summed E-state index contributed by atoms with van der Waals surface area (Å²) in [5.74, 6) is -0.706. The molecule has 0 aromatic carbocycles. The lowest BCUT2D eigenvalue weighted by molar-refractivity contribution is -0.161. The first kappa shape index (κ1) is 38.3. The van der Waals surface area contributed by atoms with Gasteiger partial charge in [-0.3, -0.25) is 9.59 Å². The van der Waals surface area contributed by atoms with Gasteiger partial charge in [-0.15, -0.1) is 0 Å². The quantitative estimate of drug-likeness (QED) is 0.0461. The van der Waals surface area contributed by atoms with Crippen molar-refractivity contribution < 1.29 is 24.2 Å². The normalized spacial score (nSPS) is 13.1. The van der Waals surface area contributed by atoms with Crippen molar-refractivity contribution in [3.05, 3.63) is 72.9 Å². The van der Waals surface area contributed by atoms with E-state index in [0.717, 1.165) is 44.9 Å². The maximum Gasteiger partial charge on any atom is 0.306 e. The second-order valence-electron chi connectivity index (χ2n) is 10.3. The third-order valence-electron chi connectivity index (χ3n) is 6.36. The molecule has 1 unspecified atom stereocenters. The van der Waals surface area contributed by atoms with Crippen LogP contribution in [0.3, 0.4) is 0 Å². The lowest BCUT2D eigenvalue weighted by Crippen LogP contribution is -2.28. The first-order chi connectivity index (χ1) is 20.1. The highest BCUT2D eigenvalue weighted by atomic mass is 16.6. The van der Waals surface area contributed by atoms with Gasteiger partial charge in [-0.1, -0.05) is 132 Å². The molecule has 0 heterocycles. The summed E-state index contributed by atoms with van der Waals surface area (Å²) in [7, 11) is 0. The maximum atomic E-state index is 12.1. The van der Waals surface area contributed by atoms with Crippen LogP contribution in [0, 0.1) is 0 Å². The van der Waals surface area contributed by atoms with E-state index in [0.29, 0.717) is 12.8 Å². The van der Waals surface area contributed by atoms with Crippen molar-refractivity contribution in [3.63, 3.8) is 0 Å². The predicted molar refractivity (Wildman–Crippen MR) is 173 cm³/mol. The van der Waals surface area contributed by atoms with Gasteiger partial charge in [-0.2, -0.15) is 0 Å². The number of hydrogen-bond donors (Lipinski definition) is 1. The Kier molecular flexibility index (Phi) is 29.8. The summed E-state index contributed by atoms with van der Waals surface area (Å²) in [6, 6.07) is 0. The zero-order valence-electron chi connectivity index (χ0n) is 26.0. The topological polar surface area (TPSA) is 72.8 Å². The standard InChI is InChI=1S/C36H58O5/c1-3-5-7-9-11-13-15-17-19-21-23-25-27-29-31-36(39)41-34(32-37)33-40-35(38)30-28-26-24-22-20-18-16-14-12-10-8-6-4-2/h6,8,10,12,14,16,18-22,24,34,37H,3-5,7,9,11,13,15,17,23,25-33H2,1-2H3/b8-6+,12-10+,16-14+,20-18+,21-19+,24-22+. The summed E-state index contributed by atoms with van der Waals surface area (Å²) in [5, 5.41) is 9.48. The van der Waals surface area contributed by atoms with Gasteiger partial charge in [0.2, 0.25) is 0 Å². The van der Waals surface area contributed by atoms with Crippen molar-refractivity contribution in [2.24, 2.45) is 0 Å². The largest absolute Gasteiger partial charge is 0.462 e. The summed E-state index contributed by atoms with van der Waals surface area (Å²) < 4.78 is 10.5. The highest BCUT2D eigenvalue weighted by molar-refractivity contribution is 5.70. The monoisotopic (exact) mass is 570 g/mol. The Balaban J connectivity index is 3.78. The predicted octanol–water partition coefficient (Wildman–Crippen LogP) is 9.44. The van der Waals surface area contributed by atoms with E-state index in [2.05, 4.69) is 32.1 Å². The number of carbonyl (C=O) groups is 2. The van der Waals surface area contributed by atoms with Gasteiger partial charge in [-0.05, 0) is 51.4 Å². The molecule has 232 valence electrons. The molecule has 0 amide bonds. The number of hydrogen-bond acceptors (Lipinski definition) is 5. The van der Waals surface area contributed by atoms with Crippen LogP contribution in [0.15, 0.2) is 72.9 Å². The van der Waals surface area contributed by atoms with Gasteiger partial charge in [-0.25, -0.2) is 0 Å². The van der Waals surface area contributed by atoms with E-state index in [4.69, 9.17) is 9.47 Å². The minimum absolute atomic E-state index is 0.113. The highest BCUT2D eigenvalue weighted by Crippen LogP contribution is 2.10. The molecule has 0 saturated heterocycles. The van der Waals surface area contributed by atoms with E-state index < -0.39 is 6.10 Å². The smallest absolute Gasteiger partial charge is 0.306 e. The van der Waals surface area contributed by atoms with Gasteiger partial charge in [0.15, 0.2) is 6.10 Å². The Hall–Kier alpha value is -2.66. The third kappa shape index (κ3) is 30.1. The molecule has 0 aromatic heterocycles. The summed E-state index contributed by atoms with van der Waals surface area (Å²) in [6.07, 6.45) is 41.0. The van der Waals surface area contributed by atoms with Crippen LogP contribution in [0.1, 0.15) is 123 Å². The molecule has 1 N–H and O–H groups in total. The van der Waals surface area contributed by atoms with Gasteiger partial charge in [0, 0.05) is 12.8 Å². The molecule has 0 rings (SSSR count). The van der Waals surface area contributed by atoms with Crippen molar-refractivity contribution in [2.45, 2.75) is 129 Å². The van der Waals surface area contributed by atoms with E-state index in [1.165, 1.54) is 44.9 Å². The minimum Gasteiger partial charge on any atom is -0.462 e. The average Bonchev–Trinajstić information content (AvgIpc) is 2.97. The maximum absolute atomic E-state index is 12.1. The fourth-order valence-corrected chi connectivity index (χ4v) is 3.93. The van der Waals surface area contributed by atoms with Gasteiger partial charge in [0.1, 0.15) is 6.61 Å². The van der Waals surface area contributed by atoms with Gasteiger partial charge >= 0.3 is 11.9 Å². The Morgan fingerprint density at radius 2 is 1.10 bits per heavy atom. The number of aliphatic hydroxyl groups excluding tert-OH is 1. The van der Waals surface area contributed by atoms with E-state index in [9.17, 15) is 14.7 Å². The highest BCUT2D eigenvalue weighted by Gasteiger charge is 2.15. The summed E-state index contributed by atoms with van der Waals surface area (Å²) in [5.41, 5.74) is 0. The first-order valence-corrected chi connectivity index (χ1v) is 16.1. The van der Waals surface area contributed by atoms with Crippen LogP contribution in [-0.2, 0) is 19.1 Å². The SMILES string of the molecule is CC/C=C/C=C/C=C/C=C/C=C/CCCC(=O)OCC(CO)OC(=O)CCCCC/C=C/CCCCCCCCC. The van der Waals surface area contributed by atoms with Crippen LogP contribution < -0.4 is 0 Å². The van der Waals surface area contributed by atoms with Gasteiger partial charge in [0.05, 0.1) is 6.61 Å². The fourth-order valence-electron chi connectivity index (χ4n) is 3.93. The van der Waals surface area contributed by atoms with Crippen LogP contribution in [0.5, 0.6) is 0 Å². The number of rotatable bonds is 27. The fraction of sp³-hybridized carbons (Fsp3) is 0.611. The molecular formula is C36H58O5. The first-order valence-electron chi connectivity index (χ1n) is 16.1. The molecule has 5 heteroatoms. The molecule has 41 heavy (non-hydrogen) atoms. The molecule has 0 radical (unpaired) electrons.